The number of aromatic nitrogens is 4. The standard InChI is InChI=1S/C15H12ClFN4/c1-10-4-6-11(7-5-10)3-2-8-21-9-18-12-13(16)19-15(17)20-14(12)21/h2-7,9H,8H2,1H3/b3-2+. The topological polar surface area (TPSA) is 43.6 Å². The van der Waals surface area contributed by atoms with Crippen LogP contribution in [0.15, 0.2) is 36.7 Å². The fraction of sp³-hybridized carbons (Fsp3) is 0.133. The van der Waals surface area contributed by atoms with E-state index in [0.717, 1.165) is 5.56 Å². The van der Waals surface area contributed by atoms with Crippen LogP contribution in [0.25, 0.3) is 17.2 Å². The summed E-state index contributed by atoms with van der Waals surface area (Å²) in [6.07, 6.45) is 4.67. The second kappa shape index (κ2) is 5.61. The van der Waals surface area contributed by atoms with E-state index in [-0.39, 0.29) is 5.15 Å². The Morgan fingerprint density at radius 1 is 1.24 bits per heavy atom. The minimum Gasteiger partial charge on any atom is -0.311 e. The largest absolute Gasteiger partial charge is 0.312 e. The third-order valence-electron chi connectivity index (χ3n) is 3.08. The van der Waals surface area contributed by atoms with Gasteiger partial charge in [0.1, 0.15) is 5.52 Å². The van der Waals surface area contributed by atoms with E-state index in [9.17, 15) is 4.39 Å². The predicted octanol–water partition coefficient (Wildman–Crippen LogP) is 3.64. The number of halogens is 2. The van der Waals surface area contributed by atoms with E-state index in [2.05, 4.69) is 27.1 Å². The zero-order valence-corrected chi connectivity index (χ0v) is 12.0. The highest BCUT2D eigenvalue weighted by atomic mass is 35.5. The van der Waals surface area contributed by atoms with E-state index in [4.69, 9.17) is 11.6 Å². The highest BCUT2D eigenvalue weighted by Crippen LogP contribution is 2.18. The van der Waals surface area contributed by atoms with Gasteiger partial charge in [0, 0.05) is 6.54 Å². The maximum atomic E-state index is 13.2. The van der Waals surface area contributed by atoms with Gasteiger partial charge in [0.25, 0.3) is 0 Å². The zero-order valence-electron chi connectivity index (χ0n) is 11.3. The number of nitrogens with zero attached hydrogens (tertiary/aromatic N) is 4. The highest BCUT2D eigenvalue weighted by Gasteiger charge is 2.10. The number of benzene rings is 1. The molecule has 3 rings (SSSR count). The van der Waals surface area contributed by atoms with Crippen molar-refractivity contribution in [1.29, 1.82) is 0 Å². The number of imidazole rings is 1. The molecule has 0 saturated carbocycles. The van der Waals surface area contributed by atoms with Crippen molar-refractivity contribution in [2.24, 2.45) is 0 Å². The summed E-state index contributed by atoms with van der Waals surface area (Å²) in [5, 5.41) is 0.0266. The summed E-state index contributed by atoms with van der Waals surface area (Å²) in [6.45, 7) is 2.57. The molecule has 0 radical (unpaired) electrons. The van der Waals surface area contributed by atoms with Crippen molar-refractivity contribution in [3.05, 3.63) is 59.0 Å². The van der Waals surface area contributed by atoms with Gasteiger partial charge in [-0.2, -0.15) is 14.4 Å². The molecular weight excluding hydrogens is 291 g/mol. The van der Waals surface area contributed by atoms with Crippen molar-refractivity contribution >= 4 is 28.8 Å². The van der Waals surface area contributed by atoms with Crippen LogP contribution in [0.1, 0.15) is 11.1 Å². The van der Waals surface area contributed by atoms with Crippen LogP contribution in [-0.2, 0) is 6.54 Å². The minimum atomic E-state index is -0.850. The van der Waals surface area contributed by atoms with Crippen molar-refractivity contribution in [3.63, 3.8) is 0 Å². The van der Waals surface area contributed by atoms with Crippen molar-refractivity contribution < 1.29 is 4.39 Å². The Kier molecular flexibility index (Phi) is 3.66. The molecule has 4 nitrogen and oxygen atoms in total. The Hall–Kier alpha value is -2.27. The molecule has 0 aliphatic rings. The van der Waals surface area contributed by atoms with Gasteiger partial charge in [0.2, 0.25) is 0 Å². The molecule has 21 heavy (non-hydrogen) atoms. The first-order valence-corrected chi connectivity index (χ1v) is 6.78. The van der Waals surface area contributed by atoms with Gasteiger partial charge in [-0.15, -0.1) is 0 Å². The summed E-state index contributed by atoms with van der Waals surface area (Å²) in [5.74, 6) is 0. The summed E-state index contributed by atoms with van der Waals surface area (Å²) in [6, 6.07) is 8.18. The molecule has 0 aliphatic carbocycles. The van der Waals surface area contributed by atoms with Crippen LogP contribution in [0.3, 0.4) is 0 Å². The molecule has 106 valence electrons. The maximum absolute atomic E-state index is 13.2. The van der Waals surface area contributed by atoms with Crippen molar-refractivity contribution in [3.8, 4) is 0 Å². The van der Waals surface area contributed by atoms with Crippen LogP contribution < -0.4 is 0 Å². The Morgan fingerprint density at radius 2 is 2.00 bits per heavy atom. The second-order valence-electron chi connectivity index (χ2n) is 4.67. The number of aryl methyl sites for hydroxylation is 1. The molecule has 0 amide bonds. The molecule has 0 bridgehead atoms. The van der Waals surface area contributed by atoms with Gasteiger partial charge in [0.05, 0.1) is 6.33 Å². The molecule has 1 aromatic carbocycles. The van der Waals surface area contributed by atoms with Gasteiger partial charge in [-0.05, 0) is 12.5 Å². The normalized spacial score (nSPS) is 11.6. The minimum absolute atomic E-state index is 0.0266. The van der Waals surface area contributed by atoms with Gasteiger partial charge < -0.3 is 4.57 Å². The van der Waals surface area contributed by atoms with E-state index < -0.39 is 6.08 Å². The van der Waals surface area contributed by atoms with Crippen LogP contribution >= 0.6 is 11.6 Å². The lowest BCUT2D eigenvalue weighted by Crippen LogP contribution is -1.98. The van der Waals surface area contributed by atoms with Gasteiger partial charge in [-0.3, -0.25) is 0 Å². The lowest BCUT2D eigenvalue weighted by molar-refractivity contribution is 0.542. The molecule has 0 unspecified atom stereocenters. The third kappa shape index (κ3) is 2.92. The monoisotopic (exact) mass is 302 g/mol. The Balaban J connectivity index is 1.84. The van der Waals surface area contributed by atoms with Crippen LogP contribution in [-0.4, -0.2) is 19.5 Å². The summed E-state index contributed by atoms with van der Waals surface area (Å²) in [4.78, 5) is 11.3. The first kappa shape index (κ1) is 13.7. The van der Waals surface area contributed by atoms with Crippen LogP contribution in [0.4, 0.5) is 4.39 Å². The van der Waals surface area contributed by atoms with Crippen molar-refractivity contribution in [2.75, 3.05) is 0 Å². The summed E-state index contributed by atoms with van der Waals surface area (Å²) in [5.41, 5.74) is 3.11. The van der Waals surface area contributed by atoms with E-state index in [0.29, 0.717) is 17.7 Å². The van der Waals surface area contributed by atoms with Crippen molar-refractivity contribution in [2.45, 2.75) is 13.5 Å². The number of hydrogen-bond donors (Lipinski definition) is 0. The van der Waals surface area contributed by atoms with E-state index >= 15 is 0 Å². The van der Waals surface area contributed by atoms with Crippen LogP contribution in [0.2, 0.25) is 5.15 Å². The average Bonchev–Trinajstić information content (AvgIpc) is 2.84. The van der Waals surface area contributed by atoms with Crippen LogP contribution in [0, 0.1) is 13.0 Å². The van der Waals surface area contributed by atoms with Gasteiger partial charge in [-0.1, -0.05) is 53.6 Å². The molecule has 2 aromatic heterocycles. The SMILES string of the molecule is Cc1ccc(/C=C/Cn2cnc3c(Cl)nc(F)nc32)cc1. The molecular formula is C15H12ClFN4. The smallest absolute Gasteiger partial charge is 0.311 e. The van der Waals surface area contributed by atoms with Gasteiger partial charge >= 0.3 is 6.08 Å². The molecule has 0 aliphatic heterocycles. The fourth-order valence-corrected chi connectivity index (χ4v) is 2.20. The fourth-order valence-electron chi connectivity index (χ4n) is 2.00. The van der Waals surface area contributed by atoms with Crippen LogP contribution in [0.5, 0.6) is 0 Å². The first-order valence-electron chi connectivity index (χ1n) is 6.40. The average molecular weight is 303 g/mol. The van der Waals surface area contributed by atoms with Gasteiger partial charge in [-0.25, -0.2) is 4.98 Å². The maximum Gasteiger partial charge on any atom is 0.312 e. The quantitative estimate of drug-likeness (QED) is 0.548. The summed E-state index contributed by atoms with van der Waals surface area (Å²) >= 11 is 5.84. The third-order valence-corrected chi connectivity index (χ3v) is 3.35. The molecule has 6 heteroatoms. The first-order chi connectivity index (χ1) is 10.1. The Labute approximate surface area is 125 Å². The summed E-state index contributed by atoms with van der Waals surface area (Å²) < 4.78 is 14.9. The predicted molar refractivity (Wildman–Crippen MR) is 80.5 cm³/mol. The summed E-state index contributed by atoms with van der Waals surface area (Å²) in [7, 11) is 0. The number of hydrogen-bond acceptors (Lipinski definition) is 3. The number of allylic oxidation sites excluding steroid dienone is 1. The Morgan fingerprint density at radius 3 is 2.76 bits per heavy atom. The molecule has 3 aromatic rings. The van der Waals surface area contributed by atoms with E-state index in [1.165, 1.54) is 5.56 Å². The second-order valence-corrected chi connectivity index (χ2v) is 5.02. The lowest BCUT2D eigenvalue weighted by atomic mass is 10.1. The van der Waals surface area contributed by atoms with Gasteiger partial charge in [0.15, 0.2) is 10.8 Å². The highest BCUT2D eigenvalue weighted by molar-refractivity contribution is 6.33. The van der Waals surface area contributed by atoms with Crippen molar-refractivity contribution in [1.82, 2.24) is 19.5 Å². The Bertz CT molecular complexity index is 808. The van der Waals surface area contributed by atoms with E-state index in [1.54, 1.807) is 10.9 Å². The lowest BCUT2D eigenvalue weighted by Gasteiger charge is -2.00. The molecule has 0 N–H and O–H groups in total. The zero-order chi connectivity index (χ0) is 14.8. The molecule has 0 fully saturated rings. The number of rotatable bonds is 3. The molecule has 0 saturated heterocycles. The van der Waals surface area contributed by atoms with E-state index in [1.807, 2.05) is 31.2 Å². The molecule has 2 heterocycles. The molecule has 0 atom stereocenters. The number of fused-ring (bicyclic) bond motifs is 1. The molecule has 0 spiro atoms.